The Hall–Kier alpha value is -2.24. The highest BCUT2D eigenvalue weighted by Crippen LogP contribution is 2.11. The largest absolute Gasteiger partial charge is 0.347 e. The van der Waals surface area contributed by atoms with Crippen LogP contribution in [0.2, 0.25) is 0 Å². The van der Waals surface area contributed by atoms with Gasteiger partial charge in [-0.2, -0.15) is 0 Å². The molecule has 0 saturated heterocycles. The molecule has 88 valence electrons. The lowest BCUT2D eigenvalue weighted by molar-refractivity contribution is 0.0945. The number of imidazole rings is 1. The van der Waals surface area contributed by atoms with Crippen molar-refractivity contribution in [2.45, 2.75) is 6.54 Å². The molecule has 0 spiro atoms. The molecule has 1 aromatic heterocycles. The molecule has 4 nitrogen and oxygen atoms in total. The summed E-state index contributed by atoms with van der Waals surface area (Å²) in [6, 6.07) is 3.45. The minimum atomic E-state index is -1.15. The number of rotatable bonds is 3. The van der Waals surface area contributed by atoms with Crippen molar-refractivity contribution in [2.75, 3.05) is 0 Å². The lowest BCUT2D eigenvalue weighted by Crippen LogP contribution is -2.24. The molecule has 0 fully saturated rings. The fraction of sp³-hybridized carbons (Fsp3) is 0.0909. The van der Waals surface area contributed by atoms with Crippen molar-refractivity contribution >= 4 is 5.91 Å². The van der Waals surface area contributed by atoms with Crippen LogP contribution in [-0.4, -0.2) is 15.9 Å². The summed E-state index contributed by atoms with van der Waals surface area (Å²) < 4.78 is 26.1. The van der Waals surface area contributed by atoms with Gasteiger partial charge in [-0.05, 0) is 12.1 Å². The number of H-pyrrole nitrogens is 1. The number of hydrogen-bond acceptors (Lipinski definition) is 2. The number of aromatic amines is 1. The fourth-order valence-electron chi connectivity index (χ4n) is 1.33. The summed E-state index contributed by atoms with van der Waals surface area (Å²) in [6.07, 6.45) is 3.13. The molecule has 2 aromatic rings. The van der Waals surface area contributed by atoms with Gasteiger partial charge >= 0.3 is 0 Å². The van der Waals surface area contributed by atoms with Crippen molar-refractivity contribution in [1.29, 1.82) is 0 Å². The van der Waals surface area contributed by atoms with Gasteiger partial charge in [-0.25, -0.2) is 13.8 Å². The van der Waals surface area contributed by atoms with Crippen LogP contribution in [0.4, 0.5) is 8.78 Å². The van der Waals surface area contributed by atoms with E-state index in [-0.39, 0.29) is 12.1 Å². The quantitative estimate of drug-likeness (QED) is 0.852. The highest BCUT2D eigenvalue weighted by atomic mass is 19.2. The third-order valence-electron chi connectivity index (χ3n) is 2.17. The lowest BCUT2D eigenvalue weighted by Gasteiger charge is -2.04. The number of carbonyl (C=O) groups excluding carboxylic acids is 1. The fourth-order valence-corrected chi connectivity index (χ4v) is 1.33. The molecule has 6 heteroatoms. The first-order valence-electron chi connectivity index (χ1n) is 4.89. The van der Waals surface area contributed by atoms with Crippen molar-refractivity contribution < 1.29 is 13.6 Å². The van der Waals surface area contributed by atoms with Crippen LogP contribution in [0.15, 0.2) is 30.6 Å². The van der Waals surface area contributed by atoms with E-state index < -0.39 is 17.5 Å². The molecule has 17 heavy (non-hydrogen) atoms. The topological polar surface area (TPSA) is 57.8 Å². The van der Waals surface area contributed by atoms with Crippen LogP contribution >= 0.6 is 0 Å². The number of carbonyl (C=O) groups is 1. The second-order valence-electron chi connectivity index (χ2n) is 3.32. The molecule has 0 aliphatic carbocycles. The monoisotopic (exact) mass is 237 g/mol. The maximum absolute atomic E-state index is 13.3. The summed E-state index contributed by atoms with van der Waals surface area (Å²) in [6.45, 7) is 0.127. The lowest BCUT2D eigenvalue weighted by atomic mass is 10.2. The van der Waals surface area contributed by atoms with E-state index in [9.17, 15) is 13.6 Å². The Morgan fingerprint density at radius 3 is 2.94 bits per heavy atom. The van der Waals surface area contributed by atoms with Crippen molar-refractivity contribution in [3.05, 3.63) is 53.6 Å². The number of aromatic nitrogens is 2. The first kappa shape index (κ1) is 11.3. The Labute approximate surface area is 95.7 Å². The zero-order chi connectivity index (χ0) is 12.3. The predicted octanol–water partition coefficient (Wildman–Crippen LogP) is 1.62. The van der Waals surface area contributed by atoms with Gasteiger partial charge in [0.1, 0.15) is 5.82 Å². The summed E-state index contributed by atoms with van der Waals surface area (Å²) in [5.41, 5.74) is -0.323. The maximum Gasteiger partial charge on any atom is 0.254 e. The van der Waals surface area contributed by atoms with Crippen molar-refractivity contribution in [2.24, 2.45) is 0 Å². The SMILES string of the molecule is O=C(NCc1ncc[nH]1)c1cccc(F)c1F. The number of halogens is 2. The van der Waals surface area contributed by atoms with E-state index in [1.165, 1.54) is 18.3 Å². The molecule has 1 amide bonds. The maximum atomic E-state index is 13.3. The van der Waals surface area contributed by atoms with Crippen LogP contribution < -0.4 is 5.32 Å². The summed E-state index contributed by atoms with van der Waals surface area (Å²) in [4.78, 5) is 18.2. The van der Waals surface area contributed by atoms with Crippen LogP contribution in [-0.2, 0) is 6.54 Å². The van der Waals surface area contributed by atoms with E-state index in [0.717, 1.165) is 6.07 Å². The van der Waals surface area contributed by atoms with E-state index in [1.807, 2.05) is 0 Å². The van der Waals surface area contributed by atoms with Gasteiger partial charge in [0.2, 0.25) is 0 Å². The van der Waals surface area contributed by atoms with Crippen LogP contribution in [0.3, 0.4) is 0 Å². The third-order valence-corrected chi connectivity index (χ3v) is 2.17. The van der Waals surface area contributed by atoms with Gasteiger partial charge in [-0.1, -0.05) is 6.07 Å². The molecule has 0 radical (unpaired) electrons. The van der Waals surface area contributed by atoms with Crippen LogP contribution in [0, 0.1) is 11.6 Å². The molecular formula is C11H9F2N3O. The van der Waals surface area contributed by atoms with E-state index in [0.29, 0.717) is 5.82 Å². The zero-order valence-electron chi connectivity index (χ0n) is 8.71. The molecule has 2 rings (SSSR count). The van der Waals surface area contributed by atoms with E-state index in [1.54, 1.807) is 6.20 Å². The standard InChI is InChI=1S/C11H9F2N3O/c12-8-3-1-2-7(10(8)13)11(17)16-6-9-14-4-5-15-9/h1-5H,6H2,(H,14,15)(H,16,17). The Morgan fingerprint density at radius 2 is 2.24 bits per heavy atom. The summed E-state index contributed by atoms with van der Waals surface area (Å²) >= 11 is 0. The Morgan fingerprint density at radius 1 is 1.41 bits per heavy atom. The van der Waals surface area contributed by atoms with Gasteiger partial charge in [0.05, 0.1) is 12.1 Å². The average molecular weight is 237 g/mol. The molecule has 2 N–H and O–H groups in total. The summed E-state index contributed by atoms with van der Waals surface area (Å²) in [5.74, 6) is -2.34. The highest BCUT2D eigenvalue weighted by molar-refractivity contribution is 5.94. The Bertz CT molecular complexity index is 526. The number of nitrogens with zero attached hydrogens (tertiary/aromatic N) is 1. The van der Waals surface area contributed by atoms with Crippen molar-refractivity contribution in [3.8, 4) is 0 Å². The van der Waals surface area contributed by atoms with Gasteiger partial charge in [0.25, 0.3) is 5.91 Å². The number of nitrogens with one attached hydrogen (secondary N) is 2. The van der Waals surface area contributed by atoms with Crippen LogP contribution in [0.1, 0.15) is 16.2 Å². The Kier molecular flexibility index (Phi) is 3.13. The normalized spacial score (nSPS) is 10.2. The predicted molar refractivity (Wildman–Crippen MR) is 56.1 cm³/mol. The highest BCUT2D eigenvalue weighted by Gasteiger charge is 2.14. The van der Waals surface area contributed by atoms with Gasteiger partial charge in [-0.3, -0.25) is 4.79 Å². The molecule has 0 unspecified atom stereocenters. The average Bonchev–Trinajstić information content (AvgIpc) is 2.82. The smallest absolute Gasteiger partial charge is 0.254 e. The van der Waals surface area contributed by atoms with E-state index >= 15 is 0 Å². The van der Waals surface area contributed by atoms with Crippen molar-refractivity contribution in [1.82, 2.24) is 15.3 Å². The molecule has 0 bridgehead atoms. The van der Waals surface area contributed by atoms with Gasteiger partial charge in [-0.15, -0.1) is 0 Å². The molecule has 0 saturated carbocycles. The second-order valence-corrected chi connectivity index (χ2v) is 3.32. The molecule has 0 atom stereocenters. The number of hydrogen-bond donors (Lipinski definition) is 2. The van der Waals surface area contributed by atoms with Gasteiger partial charge in [0.15, 0.2) is 11.6 Å². The summed E-state index contributed by atoms with van der Waals surface area (Å²) in [7, 11) is 0. The minimum Gasteiger partial charge on any atom is -0.347 e. The molecule has 0 aliphatic heterocycles. The van der Waals surface area contributed by atoms with Gasteiger partial charge in [0, 0.05) is 12.4 Å². The van der Waals surface area contributed by atoms with Crippen LogP contribution in [0.5, 0.6) is 0 Å². The summed E-state index contributed by atoms with van der Waals surface area (Å²) in [5, 5.41) is 2.43. The van der Waals surface area contributed by atoms with Gasteiger partial charge < -0.3 is 10.3 Å². The molecule has 1 heterocycles. The van der Waals surface area contributed by atoms with E-state index in [2.05, 4.69) is 15.3 Å². The zero-order valence-corrected chi connectivity index (χ0v) is 8.71. The first-order chi connectivity index (χ1) is 8.18. The number of benzene rings is 1. The first-order valence-corrected chi connectivity index (χ1v) is 4.89. The third kappa shape index (κ3) is 2.47. The molecule has 0 aliphatic rings. The number of amides is 1. The van der Waals surface area contributed by atoms with Crippen LogP contribution in [0.25, 0.3) is 0 Å². The second kappa shape index (κ2) is 4.73. The Balaban J connectivity index is 2.07. The molecular weight excluding hydrogens is 228 g/mol. The molecule has 1 aromatic carbocycles. The van der Waals surface area contributed by atoms with E-state index in [4.69, 9.17) is 0 Å². The minimum absolute atomic E-state index is 0.127. The van der Waals surface area contributed by atoms with Crippen molar-refractivity contribution in [3.63, 3.8) is 0 Å².